The minimum Gasteiger partial charge on any atom is -0.462 e. The highest BCUT2D eigenvalue weighted by molar-refractivity contribution is 7.15. The molecule has 2 N–H and O–H groups in total. The van der Waals surface area contributed by atoms with Crippen molar-refractivity contribution in [3.63, 3.8) is 0 Å². The zero-order valence-corrected chi connectivity index (χ0v) is 14.6. The Morgan fingerprint density at radius 2 is 2.32 bits per heavy atom. The normalized spacial score (nSPS) is 17.0. The molecule has 0 spiro atoms. The summed E-state index contributed by atoms with van der Waals surface area (Å²) in [5.41, 5.74) is 6.26. The molecule has 5 nitrogen and oxygen atoms in total. The van der Waals surface area contributed by atoms with Crippen molar-refractivity contribution in [1.82, 2.24) is 9.88 Å². The Morgan fingerprint density at radius 1 is 1.55 bits per heavy atom. The molecule has 1 saturated heterocycles. The molecule has 0 bridgehead atoms. The molecule has 2 aromatic heterocycles. The topological polar surface area (TPSA) is 72.4 Å². The third-order valence-corrected chi connectivity index (χ3v) is 4.63. The summed E-state index contributed by atoms with van der Waals surface area (Å²) in [4.78, 5) is 19.8. The Labute approximate surface area is 145 Å². The summed E-state index contributed by atoms with van der Waals surface area (Å²) >= 11 is 1.48. The highest BCUT2D eigenvalue weighted by Gasteiger charge is 2.31. The van der Waals surface area contributed by atoms with Crippen LogP contribution in [-0.2, 0) is 0 Å². The van der Waals surface area contributed by atoms with Crippen LogP contribution in [0.1, 0.15) is 28.2 Å². The van der Waals surface area contributed by atoms with Crippen LogP contribution in [-0.4, -0.2) is 34.9 Å². The van der Waals surface area contributed by atoms with Gasteiger partial charge in [0.15, 0.2) is 10.8 Å². The van der Waals surface area contributed by atoms with E-state index in [1.165, 1.54) is 11.3 Å². The summed E-state index contributed by atoms with van der Waals surface area (Å²) in [5, 5.41) is 0.749. The first-order valence-corrected chi connectivity index (χ1v) is 7.54. The second kappa shape index (κ2) is 7.97. The fourth-order valence-corrected chi connectivity index (χ4v) is 3.46. The third-order valence-electron chi connectivity index (χ3n) is 3.64. The van der Waals surface area contributed by atoms with Crippen LogP contribution in [0, 0.1) is 6.92 Å². The number of rotatable bonds is 3. The molecule has 8 heteroatoms. The molecule has 1 atom stereocenters. The number of hydrogen-bond donors (Lipinski definition) is 1. The van der Waals surface area contributed by atoms with Crippen molar-refractivity contribution >= 4 is 42.1 Å². The number of aromatic nitrogens is 1. The number of nitrogens with zero attached hydrogens (tertiary/aromatic N) is 2. The molecule has 0 saturated carbocycles. The monoisotopic (exact) mass is 363 g/mol. The van der Waals surface area contributed by atoms with E-state index in [2.05, 4.69) is 4.98 Å². The Bertz CT molecular complexity index is 616. The minimum atomic E-state index is -0.00972. The largest absolute Gasteiger partial charge is 0.462 e. The molecule has 1 aliphatic heterocycles. The Morgan fingerprint density at radius 3 is 2.95 bits per heavy atom. The molecule has 22 heavy (non-hydrogen) atoms. The van der Waals surface area contributed by atoms with E-state index in [0.29, 0.717) is 18.0 Å². The smallest absolute Gasteiger partial charge is 0.273 e. The van der Waals surface area contributed by atoms with Crippen LogP contribution in [0.25, 0.3) is 10.8 Å². The average Bonchev–Trinajstić information content (AvgIpc) is 3.17. The number of furan rings is 1. The van der Waals surface area contributed by atoms with Gasteiger partial charge in [-0.05, 0) is 31.9 Å². The van der Waals surface area contributed by atoms with Gasteiger partial charge in [0.1, 0.15) is 5.69 Å². The summed E-state index contributed by atoms with van der Waals surface area (Å²) in [6.45, 7) is 3.21. The fraction of sp³-hybridized carbons (Fsp3) is 0.429. The maximum absolute atomic E-state index is 12.6. The van der Waals surface area contributed by atoms with E-state index >= 15 is 0 Å². The van der Waals surface area contributed by atoms with Gasteiger partial charge in [-0.25, -0.2) is 4.98 Å². The molecule has 1 aliphatic rings. The number of hydrogen-bond acceptors (Lipinski definition) is 5. The molecular formula is C14H19Cl2N3O2S. The van der Waals surface area contributed by atoms with Crippen LogP contribution in [0.15, 0.2) is 22.8 Å². The number of halogens is 2. The lowest BCUT2D eigenvalue weighted by Gasteiger charge is -2.22. The predicted octanol–water partition coefficient (Wildman–Crippen LogP) is 3.12. The molecule has 3 rings (SSSR count). The number of amides is 1. The average molecular weight is 364 g/mol. The first kappa shape index (κ1) is 19.0. The lowest BCUT2D eigenvalue weighted by Crippen LogP contribution is -2.40. The Kier molecular flexibility index (Phi) is 6.87. The van der Waals surface area contributed by atoms with Gasteiger partial charge in [-0.2, -0.15) is 0 Å². The molecule has 0 radical (unpaired) electrons. The van der Waals surface area contributed by atoms with Gasteiger partial charge >= 0.3 is 0 Å². The summed E-state index contributed by atoms with van der Waals surface area (Å²) in [6.07, 6.45) is 3.61. The van der Waals surface area contributed by atoms with Crippen LogP contribution in [0.2, 0.25) is 0 Å². The van der Waals surface area contributed by atoms with E-state index in [1.54, 1.807) is 6.26 Å². The van der Waals surface area contributed by atoms with Crippen molar-refractivity contribution < 1.29 is 9.21 Å². The molecule has 122 valence electrons. The van der Waals surface area contributed by atoms with Crippen molar-refractivity contribution in [2.24, 2.45) is 5.73 Å². The van der Waals surface area contributed by atoms with Crippen LogP contribution in [0.4, 0.5) is 0 Å². The summed E-state index contributed by atoms with van der Waals surface area (Å²) in [7, 11) is 0. The second-order valence-electron chi connectivity index (χ2n) is 4.93. The maximum Gasteiger partial charge on any atom is 0.273 e. The lowest BCUT2D eigenvalue weighted by atomic mass is 10.2. The van der Waals surface area contributed by atoms with Crippen LogP contribution < -0.4 is 5.73 Å². The van der Waals surface area contributed by atoms with Gasteiger partial charge in [0.2, 0.25) is 0 Å². The molecule has 2 aromatic rings. The first-order chi connectivity index (χ1) is 9.70. The Hall–Kier alpha value is -1.08. The van der Waals surface area contributed by atoms with Crippen molar-refractivity contribution in [2.75, 3.05) is 13.1 Å². The molecule has 1 unspecified atom stereocenters. The highest BCUT2D eigenvalue weighted by atomic mass is 35.5. The standard InChI is InChI=1S/C14H17N3O2S.2ClH/c1-9-12(14(18)17-6-2-4-10(17)8-15)16-13(20-9)11-5-3-7-19-11;;/h3,5,7,10H,2,4,6,8,15H2,1H3;2*1H. The summed E-state index contributed by atoms with van der Waals surface area (Å²) in [6, 6.07) is 3.82. The van der Waals surface area contributed by atoms with Gasteiger partial charge in [0, 0.05) is 24.0 Å². The maximum atomic E-state index is 12.6. The van der Waals surface area contributed by atoms with Crippen molar-refractivity contribution in [3.8, 4) is 10.8 Å². The van der Waals surface area contributed by atoms with E-state index in [1.807, 2.05) is 24.0 Å². The fourth-order valence-electron chi connectivity index (χ4n) is 2.58. The number of likely N-dealkylation sites (tertiary alicyclic amines) is 1. The van der Waals surface area contributed by atoms with Crippen molar-refractivity contribution in [3.05, 3.63) is 29.0 Å². The van der Waals surface area contributed by atoms with Gasteiger partial charge < -0.3 is 15.1 Å². The predicted molar refractivity (Wildman–Crippen MR) is 92.2 cm³/mol. The SMILES string of the molecule is Cc1sc(-c2ccco2)nc1C(=O)N1CCCC1CN.Cl.Cl. The lowest BCUT2D eigenvalue weighted by molar-refractivity contribution is 0.0735. The molecule has 0 aromatic carbocycles. The quantitative estimate of drug-likeness (QED) is 0.908. The van der Waals surface area contributed by atoms with Crippen molar-refractivity contribution in [1.29, 1.82) is 0 Å². The summed E-state index contributed by atoms with van der Waals surface area (Å²) < 4.78 is 5.34. The Balaban J connectivity index is 0.00000121. The van der Waals surface area contributed by atoms with E-state index < -0.39 is 0 Å². The molecule has 3 heterocycles. The second-order valence-corrected chi connectivity index (χ2v) is 6.13. The van der Waals surface area contributed by atoms with Gasteiger partial charge in [-0.1, -0.05) is 0 Å². The van der Waals surface area contributed by atoms with Crippen LogP contribution in [0.5, 0.6) is 0 Å². The number of carbonyl (C=O) groups excluding carboxylic acids is 1. The number of aryl methyl sites for hydroxylation is 1. The van der Waals surface area contributed by atoms with Crippen LogP contribution >= 0.6 is 36.2 Å². The van der Waals surface area contributed by atoms with Crippen LogP contribution in [0.3, 0.4) is 0 Å². The van der Waals surface area contributed by atoms with E-state index in [0.717, 1.165) is 29.3 Å². The number of thiazole rings is 1. The zero-order chi connectivity index (χ0) is 14.1. The molecule has 1 amide bonds. The van der Waals surface area contributed by atoms with Gasteiger partial charge in [-0.3, -0.25) is 4.79 Å². The molecule has 1 fully saturated rings. The minimum absolute atomic E-state index is 0. The van der Waals surface area contributed by atoms with Gasteiger partial charge in [0.05, 0.1) is 6.26 Å². The third kappa shape index (κ3) is 3.46. The highest BCUT2D eigenvalue weighted by Crippen LogP contribution is 2.29. The number of nitrogens with two attached hydrogens (primary N) is 1. The van der Waals surface area contributed by atoms with Gasteiger partial charge in [0.25, 0.3) is 5.91 Å². The van der Waals surface area contributed by atoms with E-state index in [4.69, 9.17) is 10.2 Å². The summed E-state index contributed by atoms with van der Waals surface area (Å²) in [5.74, 6) is 0.693. The first-order valence-electron chi connectivity index (χ1n) is 6.73. The van der Waals surface area contributed by atoms with E-state index in [-0.39, 0.29) is 36.8 Å². The molecule has 0 aliphatic carbocycles. The van der Waals surface area contributed by atoms with Gasteiger partial charge in [-0.15, -0.1) is 36.2 Å². The van der Waals surface area contributed by atoms with Crippen molar-refractivity contribution in [2.45, 2.75) is 25.8 Å². The molecular weight excluding hydrogens is 345 g/mol. The van der Waals surface area contributed by atoms with E-state index in [9.17, 15) is 4.79 Å². The zero-order valence-electron chi connectivity index (χ0n) is 12.2. The number of carbonyl (C=O) groups is 1.